The molecule has 0 bridgehead atoms. The van der Waals surface area contributed by atoms with E-state index in [2.05, 4.69) is 22.0 Å². The molecule has 2 nitrogen and oxygen atoms in total. The number of carbonyl (C=O) groups excluding carboxylic acids is 1. The Morgan fingerprint density at radius 3 is 2.32 bits per heavy atom. The monoisotopic (exact) mass is 323 g/mol. The van der Waals surface area contributed by atoms with Gasteiger partial charge < -0.3 is 4.90 Å². The van der Waals surface area contributed by atoms with Gasteiger partial charge >= 0.3 is 0 Å². The number of allylic oxidation sites excluding steroid dienone is 1. The molecule has 19 heavy (non-hydrogen) atoms. The van der Waals surface area contributed by atoms with Gasteiger partial charge in [-0.05, 0) is 33.3 Å². The Bertz CT molecular complexity index is 442. The predicted molar refractivity (Wildman–Crippen MR) is 84.3 cm³/mol. The third-order valence-corrected chi connectivity index (χ3v) is 3.07. The fourth-order valence-electron chi connectivity index (χ4n) is 1.69. The van der Waals surface area contributed by atoms with E-state index in [1.54, 1.807) is 0 Å². The molecule has 0 aliphatic carbocycles. The van der Waals surface area contributed by atoms with Crippen molar-refractivity contribution in [2.75, 3.05) is 6.54 Å². The normalized spacial score (nSPS) is 11.0. The molecule has 1 aromatic carbocycles. The summed E-state index contributed by atoms with van der Waals surface area (Å²) in [6.07, 6.45) is 2.08. The van der Waals surface area contributed by atoms with Crippen LogP contribution in [0.4, 0.5) is 0 Å². The zero-order chi connectivity index (χ0) is 14.5. The third-order valence-electron chi connectivity index (χ3n) is 2.73. The summed E-state index contributed by atoms with van der Waals surface area (Å²) in [4.78, 5) is 14.3. The number of rotatable bonds is 5. The second-order valence-electron chi connectivity index (χ2n) is 5.43. The second kappa shape index (κ2) is 6.90. The maximum atomic E-state index is 12.4. The van der Waals surface area contributed by atoms with E-state index in [9.17, 15) is 4.79 Å². The summed E-state index contributed by atoms with van der Waals surface area (Å²) in [6, 6.07) is 10.1. The van der Waals surface area contributed by atoms with Gasteiger partial charge in [-0.15, -0.1) is 0 Å². The largest absolute Gasteiger partial charge is 0.333 e. The van der Waals surface area contributed by atoms with Crippen molar-refractivity contribution < 1.29 is 4.79 Å². The summed E-state index contributed by atoms with van der Waals surface area (Å²) >= 11 is 3.45. The molecule has 0 unspecified atom stereocenters. The average Bonchev–Trinajstić information content (AvgIpc) is 2.33. The molecular formula is C16H22BrNO. The SMILES string of the molecule is CC(C)=CCN(Cc1ccccc1)C(=O)C(C)(C)Br. The van der Waals surface area contributed by atoms with Crippen molar-refractivity contribution in [3.8, 4) is 0 Å². The van der Waals surface area contributed by atoms with Gasteiger partial charge in [0.1, 0.15) is 0 Å². The van der Waals surface area contributed by atoms with E-state index in [1.165, 1.54) is 5.57 Å². The Kier molecular flexibility index (Phi) is 5.80. The van der Waals surface area contributed by atoms with Gasteiger partial charge in [0, 0.05) is 13.1 Å². The molecule has 0 fully saturated rings. The van der Waals surface area contributed by atoms with Gasteiger partial charge in [0.25, 0.3) is 0 Å². The van der Waals surface area contributed by atoms with E-state index >= 15 is 0 Å². The van der Waals surface area contributed by atoms with Crippen molar-refractivity contribution in [1.29, 1.82) is 0 Å². The third kappa shape index (κ3) is 5.60. The molecule has 104 valence electrons. The summed E-state index contributed by atoms with van der Waals surface area (Å²) in [5.41, 5.74) is 2.37. The van der Waals surface area contributed by atoms with Crippen molar-refractivity contribution in [3.05, 3.63) is 47.5 Å². The minimum Gasteiger partial charge on any atom is -0.333 e. The fraction of sp³-hybridized carbons (Fsp3) is 0.438. The highest BCUT2D eigenvalue weighted by atomic mass is 79.9. The number of amides is 1. The lowest BCUT2D eigenvalue weighted by Crippen LogP contribution is -2.41. The van der Waals surface area contributed by atoms with E-state index < -0.39 is 4.32 Å². The summed E-state index contributed by atoms with van der Waals surface area (Å²) < 4.78 is -0.530. The fourth-order valence-corrected chi connectivity index (χ4v) is 1.94. The van der Waals surface area contributed by atoms with Gasteiger partial charge in [0.15, 0.2) is 0 Å². The number of benzene rings is 1. The number of halogens is 1. The zero-order valence-corrected chi connectivity index (χ0v) is 13.7. The van der Waals surface area contributed by atoms with Crippen LogP contribution >= 0.6 is 15.9 Å². The summed E-state index contributed by atoms with van der Waals surface area (Å²) in [5.74, 6) is 0.105. The standard InChI is InChI=1S/C16H22BrNO/c1-13(2)10-11-18(15(19)16(3,4)17)12-14-8-6-5-7-9-14/h5-10H,11-12H2,1-4H3. The second-order valence-corrected chi connectivity index (χ2v) is 7.41. The van der Waals surface area contributed by atoms with Crippen molar-refractivity contribution in [2.24, 2.45) is 0 Å². The number of alkyl halides is 1. The molecule has 0 aliphatic heterocycles. The minimum absolute atomic E-state index is 0.105. The molecular weight excluding hydrogens is 302 g/mol. The molecule has 1 aromatic rings. The first-order valence-corrected chi connectivity index (χ1v) is 7.25. The van der Waals surface area contributed by atoms with Crippen molar-refractivity contribution in [1.82, 2.24) is 4.90 Å². The number of hydrogen-bond donors (Lipinski definition) is 0. The lowest BCUT2D eigenvalue weighted by molar-refractivity contribution is -0.132. The lowest BCUT2D eigenvalue weighted by Gasteiger charge is -2.27. The van der Waals surface area contributed by atoms with Gasteiger partial charge in [0.2, 0.25) is 5.91 Å². The molecule has 0 aromatic heterocycles. The summed E-state index contributed by atoms with van der Waals surface area (Å²) in [6.45, 7) is 9.14. The number of carbonyl (C=O) groups is 1. The average molecular weight is 324 g/mol. The van der Waals surface area contributed by atoms with Gasteiger partial charge in [-0.1, -0.05) is 57.9 Å². The quantitative estimate of drug-likeness (QED) is 0.588. The Hall–Kier alpha value is -1.09. The van der Waals surface area contributed by atoms with Crippen LogP contribution in [0.1, 0.15) is 33.3 Å². The highest BCUT2D eigenvalue weighted by molar-refractivity contribution is 9.10. The van der Waals surface area contributed by atoms with Crippen LogP contribution in [-0.4, -0.2) is 21.7 Å². The predicted octanol–water partition coefficient (Wildman–Crippen LogP) is 4.15. The van der Waals surface area contributed by atoms with Crippen LogP contribution in [0, 0.1) is 0 Å². The zero-order valence-electron chi connectivity index (χ0n) is 12.1. The van der Waals surface area contributed by atoms with Crippen LogP contribution in [0.5, 0.6) is 0 Å². The number of nitrogens with zero attached hydrogens (tertiary/aromatic N) is 1. The molecule has 0 N–H and O–H groups in total. The van der Waals surface area contributed by atoms with Gasteiger partial charge in [0.05, 0.1) is 4.32 Å². The van der Waals surface area contributed by atoms with Crippen molar-refractivity contribution in [2.45, 2.75) is 38.6 Å². The van der Waals surface area contributed by atoms with Gasteiger partial charge in [-0.25, -0.2) is 0 Å². The molecule has 0 radical (unpaired) electrons. The highest BCUT2D eigenvalue weighted by Crippen LogP contribution is 2.21. The first kappa shape index (κ1) is 16.0. The van der Waals surface area contributed by atoms with Crippen LogP contribution in [0.25, 0.3) is 0 Å². The molecule has 3 heteroatoms. The Morgan fingerprint density at radius 1 is 1.26 bits per heavy atom. The van der Waals surface area contributed by atoms with E-state index in [0.717, 1.165) is 5.56 Å². The molecule has 0 spiro atoms. The van der Waals surface area contributed by atoms with Crippen LogP contribution in [0.15, 0.2) is 42.0 Å². The highest BCUT2D eigenvalue weighted by Gasteiger charge is 2.28. The maximum Gasteiger partial charge on any atom is 0.239 e. The van der Waals surface area contributed by atoms with Crippen LogP contribution in [0.3, 0.4) is 0 Å². The topological polar surface area (TPSA) is 20.3 Å². The van der Waals surface area contributed by atoms with Crippen molar-refractivity contribution in [3.63, 3.8) is 0 Å². The van der Waals surface area contributed by atoms with E-state index in [-0.39, 0.29) is 5.91 Å². The minimum atomic E-state index is -0.530. The van der Waals surface area contributed by atoms with E-state index in [0.29, 0.717) is 13.1 Å². The number of hydrogen-bond acceptors (Lipinski definition) is 1. The molecule has 0 aliphatic rings. The maximum absolute atomic E-state index is 12.4. The van der Waals surface area contributed by atoms with Crippen molar-refractivity contribution >= 4 is 21.8 Å². The Balaban J connectivity index is 2.87. The first-order valence-electron chi connectivity index (χ1n) is 6.46. The smallest absolute Gasteiger partial charge is 0.239 e. The van der Waals surface area contributed by atoms with Crippen LogP contribution < -0.4 is 0 Å². The summed E-state index contributed by atoms with van der Waals surface area (Å²) in [7, 11) is 0. The Labute approximate surface area is 124 Å². The van der Waals surface area contributed by atoms with E-state index in [1.807, 2.05) is 62.9 Å². The molecule has 1 amide bonds. The molecule has 0 saturated carbocycles. The van der Waals surface area contributed by atoms with Crippen LogP contribution in [0.2, 0.25) is 0 Å². The summed E-state index contributed by atoms with van der Waals surface area (Å²) in [5, 5.41) is 0. The lowest BCUT2D eigenvalue weighted by atomic mass is 10.1. The van der Waals surface area contributed by atoms with Gasteiger partial charge in [-0.3, -0.25) is 4.79 Å². The first-order chi connectivity index (χ1) is 8.80. The molecule has 0 saturated heterocycles. The molecule has 1 rings (SSSR count). The molecule has 0 heterocycles. The Morgan fingerprint density at radius 2 is 1.84 bits per heavy atom. The van der Waals surface area contributed by atoms with E-state index in [4.69, 9.17) is 0 Å². The van der Waals surface area contributed by atoms with Gasteiger partial charge in [-0.2, -0.15) is 0 Å². The van der Waals surface area contributed by atoms with Crippen LogP contribution in [-0.2, 0) is 11.3 Å². The molecule has 0 atom stereocenters.